The number of aromatic nitrogens is 2. The molecule has 0 N–H and O–H groups in total. The third-order valence-electron chi connectivity index (χ3n) is 3.52. The van der Waals surface area contributed by atoms with Gasteiger partial charge in [-0.25, -0.2) is 4.68 Å². The van der Waals surface area contributed by atoms with Crippen molar-refractivity contribution in [2.24, 2.45) is 0 Å². The van der Waals surface area contributed by atoms with E-state index in [1.807, 2.05) is 0 Å². The summed E-state index contributed by atoms with van der Waals surface area (Å²) in [6.07, 6.45) is 0. The van der Waals surface area contributed by atoms with Crippen molar-refractivity contribution in [3.05, 3.63) is 59.4 Å². The van der Waals surface area contributed by atoms with Crippen molar-refractivity contribution in [3.63, 3.8) is 0 Å². The Morgan fingerprint density at radius 3 is 1.70 bits per heavy atom. The summed E-state index contributed by atoms with van der Waals surface area (Å²) in [4.78, 5) is 30.7. The molecular weight excluding hydrogens is 310 g/mol. The lowest BCUT2D eigenvalue weighted by Gasteiger charge is -2.07. The number of aryl methyl sites for hydroxylation is 1. The Hall–Kier alpha value is -3.37. The van der Waals surface area contributed by atoms with E-state index in [2.05, 4.69) is 5.10 Å². The minimum Gasteiger partial charge on any atom is -0.258 e. The number of nitro benzene ring substituents is 3. The minimum atomic E-state index is -0.920. The molecular formula is C12H11N5O6. The highest BCUT2D eigenvalue weighted by atomic mass is 16.6. The van der Waals surface area contributed by atoms with Crippen LogP contribution in [0.4, 0.5) is 17.1 Å². The maximum atomic E-state index is 11.3. The third-order valence-corrected chi connectivity index (χ3v) is 3.52. The number of hydrogen-bond donors (Lipinski definition) is 0. The maximum absolute atomic E-state index is 11.3. The molecule has 0 spiro atoms. The Morgan fingerprint density at radius 1 is 0.913 bits per heavy atom. The Kier molecular flexibility index (Phi) is 3.79. The van der Waals surface area contributed by atoms with Crippen molar-refractivity contribution in [1.82, 2.24) is 9.78 Å². The van der Waals surface area contributed by atoms with E-state index in [1.54, 1.807) is 20.8 Å². The molecule has 0 aliphatic carbocycles. The molecule has 1 heterocycles. The van der Waals surface area contributed by atoms with Crippen LogP contribution in [0.25, 0.3) is 5.69 Å². The predicted molar refractivity (Wildman–Crippen MR) is 77.7 cm³/mol. The van der Waals surface area contributed by atoms with E-state index in [1.165, 1.54) is 0 Å². The van der Waals surface area contributed by atoms with Crippen molar-refractivity contribution >= 4 is 17.1 Å². The molecule has 0 aliphatic rings. The fraction of sp³-hybridized carbons (Fsp3) is 0.250. The van der Waals surface area contributed by atoms with Crippen LogP contribution in [0.15, 0.2) is 12.1 Å². The Bertz CT molecular complexity index is 821. The molecule has 0 bridgehead atoms. The van der Waals surface area contributed by atoms with Crippen LogP contribution in [0.3, 0.4) is 0 Å². The smallest absolute Gasteiger partial charge is 0.258 e. The van der Waals surface area contributed by atoms with E-state index in [4.69, 9.17) is 0 Å². The Labute approximate surface area is 128 Å². The second-order valence-electron chi connectivity index (χ2n) is 4.81. The number of non-ortho nitro benzene ring substituents is 1. The van der Waals surface area contributed by atoms with Gasteiger partial charge in [-0.1, -0.05) is 0 Å². The van der Waals surface area contributed by atoms with Crippen LogP contribution in [-0.2, 0) is 0 Å². The third kappa shape index (κ3) is 2.59. The molecule has 2 aromatic rings. The number of benzene rings is 1. The second kappa shape index (κ2) is 5.44. The monoisotopic (exact) mass is 321 g/mol. The molecule has 1 aromatic carbocycles. The molecule has 1 aromatic heterocycles. The quantitative estimate of drug-likeness (QED) is 0.620. The topological polar surface area (TPSA) is 147 Å². The molecule has 11 nitrogen and oxygen atoms in total. The van der Waals surface area contributed by atoms with Gasteiger partial charge in [0.05, 0.1) is 32.6 Å². The van der Waals surface area contributed by atoms with Crippen LogP contribution in [0.1, 0.15) is 17.0 Å². The van der Waals surface area contributed by atoms with E-state index in [0.717, 1.165) is 4.68 Å². The summed E-state index contributed by atoms with van der Waals surface area (Å²) in [5.41, 5.74) is -0.906. The van der Waals surface area contributed by atoms with Gasteiger partial charge in [0, 0.05) is 5.69 Å². The minimum absolute atomic E-state index is 0.403. The van der Waals surface area contributed by atoms with Gasteiger partial charge in [-0.3, -0.25) is 30.3 Å². The molecule has 0 fully saturated rings. The van der Waals surface area contributed by atoms with Crippen LogP contribution in [-0.4, -0.2) is 24.6 Å². The molecule has 0 atom stereocenters. The first-order chi connectivity index (χ1) is 10.6. The van der Waals surface area contributed by atoms with E-state index >= 15 is 0 Å². The van der Waals surface area contributed by atoms with Gasteiger partial charge >= 0.3 is 11.4 Å². The van der Waals surface area contributed by atoms with Crippen LogP contribution < -0.4 is 0 Å². The standard InChI is InChI=1S/C12H11N5O6/c1-6-7(2)13-14(8(6)3)12-10(16(20)21)4-9(15(18)19)5-11(12)17(22)23/h4-5H,1-3H3. The van der Waals surface area contributed by atoms with Gasteiger partial charge in [-0.2, -0.15) is 5.10 Å². The van der Waals surface area contributed by atoms with E-state index < -0.39 is 37.5 Å². The summed E-state index contributed by atoms with van der Waals surface area (Å²) in [5, 5.41) is 37.5. The molecule has 0 aliphatic heterocycles. The number of hydrogen-bond acceptors (Lipinski definition) is 7. The van der Waals surface area contributed by atoms with E-state index in [-0.39, 0.29) is 0 Å². The van der Waals surface area contributed by atoms with Gasteiger partial charge in [0.1, 0.15) is 0 Å². The van der Waals surface area contributed by atoms with Crippen molar-refractivity contribution < 1.29 is 14.8 Å². The average Bonchev–Trinajstić information content (AvgIpc) is 2.73. The van der Waals surface area contributed by atoms with Gasteiger partial charge < -0.3 is 0 Å². The Balaban J connectivity index is 2.95. The van der Waals surface area contributed by atoms with Crippen molar-refractivity contribution in [3.8, 4) is 5.69 Å². The molecule has 0 saturated heterocycles. The molecule has 120 valence electrons. The van der Waals surface area contributed by atoms with Crippen LogP contribution in [0.2, 0.25) is 0 Å². The van der Waals surface area contributed by atoms with E-state index in [9.17, 15) is 30.3 Å². The first kappa shape index (κ1) is 16.0. The number of rotatable bonds is 4. The van der Waals surface area contributed by atoms with Crippen LogP contribution in [0, 0.1) is 51.1 Å². The SMILES string of the molecule is Cc1nn(-c2c([N+](=O)[O-])cc([N+](=O)[O-])cc2[N+](=O)[O-])c(C)c1C. The first-order valence-corrected chi connectivity index (χ1v) is 6.29. The largest absolute Gasteiger partial charge is 0.308 e. The second-order valence-corrected chi connectivity index (χ2v) is 4.81. The number of nitrogens with zero attached hydrogens (tertiary/aromatic N) is 5. The lowest BCUT2D eigenvalue weighted by molar-refractivity contribution is -0.402. The molecule has 11 heteroatoms. The predicted octanol–water partition coefficient (Wildman–Crippen LogP) is 2.52. The first-order valence-electron chi connectivity index (χ1n) is 6.29. The normalized spacial score (nSPS) is 10.6. The molecule has 0 amide bonds. The molecule has 0 saturated carbocycles. The lowest BCUT2D eigenvalue weighted by Crippen LogP contribution is -2.08. The van der Waals surface area contributed by atoms with Crippen molar-refractivity contribution in [1.29, 1.82) is 0 Å². The summed E-state index contributed by atoms with van der Waals surface area (Å²) in [5.74, 6) is 0. The van der Waals surface area contributed by atoms with Crippen LogP contribution >= 0.6 is 0 Å². The summed E-state index contributed by atoms with van der Waals surface area (Å²) in [7, 11) is 0. The summed E-state index contributed by atoms with van der Waals surface area (Å²) in [6, 6.07) is 1.38. The highest BCUT2D eigenvalue weighted by Gasteiger charge is 2.33. The van der Waals surface area contributed by atoms with E-state index in [0.29, 0.717) is 29.1 Å². The highest BCUT2D eigenvalue weighted by molar-refractivity contribution is 5.70. The van der Waals surface area contributed by atoms with Crippen LogP contribution in [0.5, 0.6) is 0 Å². The average molecular weight is 321 g/mol. The summed E-state index contributed by atoms with van der Waals surface area (Å²) < 4.78 is 1.07. The fourth-order valence-electron chi connectivity index (χ4n) is 2.13. The lowest BCUT2D eigenvalue weighted by atomic mass is 10.2. The molecule has 2 rings (SSSR count). The van der Waals surface area contributed by atoms with Gasteiger partial charge in [0.15, 0.2) is 0 Å². The molecule has 0 unspecified atom stereocenters. The van der Waals surface area contributed by atoms with Crippen molar-refractivity contribution in [2.75, 3.05) is 0 Å². The zero-order valence-corrected chi connectivity index (χ0v) is 12.3. The summed E-state index contributed by atoms with van der Waals surface area (Å²) >= 11 is 0. The zero-order valence-electron chi connectivity index (χ0n) is 12.3. The summed E-state index contributed by atoms with van der Waals surface area (Å²) in [6.45, 7) is 4.98. The maximum Gasteiger partial charge on any atom is 0.308 e. The van der Waals surface area contributed by atoms with Gasteiger partial charge in [0.25, 0.3) is 5.69 Å². The van der Waals surface area contributed by atoms with Gasteiger partial charge in [-0.05, 0) is 26.3 Å². The molecule has 0 radical (unpaired) electrons. The number of nitro groups is 3. The van der Waals surface area contributed by atoms with Gasteiger partial charge in [-0.15, -0.1) is 0 Å². The zero-order chi connectivity index (χ0) is 17.5. The van der Waals surface area contributed by atoms with Gasteiger partial charge in [0.2, 0.25) is 5.69 Å². The fourth-order valence-corrected chi connectivity index (χ4v) is 2.13. The highest BCUT2D eigenvalue weighted by Crippen LogP contribution is 2.37. The Morgan fingerprint density at radius 2 is 1.39 bits per heavy atom. The molecule has 23 heavy (non-hydrogen) atoms. The van der Waals surface area contributed by atoms with Crippen molar-refractivity contribution in [2.45, 2.75) is 20.8 Å².